The molecule has 2 fully saturated rings. The molecule has 1 unspecified atom stereocenters. The molecule has 0 radical (unpaired) electrons. The molecule has 0 bridgehead atoms. The molecule has 1 saturated heterocycles. The van der Waals surface area contributed by atoms with Crippen molar-refractivity contribution in [1.29, 1.82) is 0 Å². The molecule has 1 saturated carbocycles. The maximum atomic E-state index is 12.4. The molecule has 154 valence electrons. The van der Waals surface area contributed by atoms with Gasteiger partial charge in [0.2, 0.25) is 11.8 Å². The van der Waals surface area contributed by atoms with E-state index < -0.39 is 0 Å². The highest BCUT2D eigenvalue weighted by atomic mass is 16.2. The molecule has 1 aliphatic carbocycles. The Morgan fingerprint density at radius 2 is 1.70 bits per heavy atom. The van der Waals surface area contributed by atoms with Gasteiger partial charge in [0, 0.05) is 18.5 Å². The van der Waals surface area contributed by atoms with Crippen LogP contribution in [0.1, 0.15) is 71.6 Å². The van der Waals surface area contributed by atoms with E-state index in [0.29, 0.717) is 13.1 Å². The van der Waals surface area contributed by atoms with Crippen LogP contribution in [-0.2, 0) is 9.59 Å². The molecule has 7 heteroatoms. The Kier molecular flexibility index (Phi) is 9.04. The normalized spacial score (nSPS) is 20.7. The first-order valence-corrected chi connectivity index (χ1v) is 10.6. The lowest BCUT2D eigenvalue weighted by Gasteiger charge is -2.34. The number of unbranched alkanes of at least 4 members (excludes halogenated alkanes) is 1. The van der Waals surface area contributed by atoms with Crippen LogP contribution in [0.25, 0.3) is 0 Å². The Morgan fingerprint density at radius 1 is 1.04 bits per heavy atom. The van der Waals surface area contributed by atoms with Crippen molar-refractivity contribution >= 4 is 17.8 Å². The van der Waals surface area contributed by atoms with Crippen LogP contribution in [0, 0.1) is 5.92 Å². The molecule has 1 aliphatic heterocycles. The van der Waals surface area contributed by atoms with Gasteiger partial charge in [-0.05, 0) is 52.1 Å². The fraction of sp³-hybridized carbons (Fsp3) is 0.850. The minimum absolute atomic E-state index is 0.0305. The average Bonchev–Trinajstić information content (AvgIpc) is 2.68. The Labute approximate surface area is 163 Å². The summed E-state index contributed by atoms with van der Waals surface area (Å²) in [5.41, 5.74) is 0. The Morgan fingerprint density at radius 3 is 2.33 bits per heavy atom. The third-order valence-corrected chi connectivity index (χ3v) is 5.83. The van der Waals surface area contributed by atoms with Crippen molar-refractivity contribution in [1.82, 2.24) is 20.9 Å². The number of piperidine rings is 1. The molecule has 4 amide bonds. The van der Waals surface area contributed by atoms with E-state index in [-0.39, 0.29) is 35.8 Å². The molecule has 0 spiro atoms. The predicted molar refractivity (Wildman–Crippen MR) is 105 cm³/mol. The number of hydrogen-bond donors (Lipinski definition) is 3. The number of nitrogens with zero attached hydrogens (tertiary/aromatic N) is 1. The highest BCUT2D eigenvalue weighted by Gasteiger charge is 2.30. The van der Waals surface area contributed by atoms with E-state index in [2.05, 4.69) is 27.8 Å². The average molecular weight is 381 g/mol. The Balaban J connectivity index is 1.69. The van der Waals surface area contributed by atoms with E-state index in [1.165, 1.54) is 6.42 Å². The summed E-state index contributed by atoms with van der Waals surface area (Å²) in [6.07, 6.45) is 9.06. The number of nitrogens with one attached hydrogen (secondary N) is 3. The van der Waals surface area contributed by atoms with Gasteiger partial charge in [-0.3, -0.25) is 19.8 Å². The molecule has 1 heterocycles. The van der Waals surface area contributed by atoms with Crippen LogP contribution in [-0.4, -0.2) is 54.5 Å². The van der Waals surface area contributed by atoms with E-state index in [0.717, 1.165) is 57.9 Å². The van der Waals surface area contributed by atoms with Crippen molar-refractivity contribution in [3.05, 3.63) is 0 Å². The summed E-state index contributed by atoms with van der Waals surface area (Å²) in [5, 5.41) is 8.39. The SMILES string of the molecule is CCCCNC(=O)C1CCN(C(C)C(=O)NC(=O)NC2CCCCC2)CC1. The molecule has 3 N–H and O–H groups in total. The zero-order chi connectivity index (χ0) is 19.6. The van der Waals surface area contributed by atoms with Crippen molar-refractivity contribution in [2.45, 2.75) is 83.7 Å². The summed E-state index contributed by atoms with van der Waals surface area (Å²) in [5.74, 6) is -0.107. The summed E-state index contributed by atoms with van der Waals surface area (Å²) in [6.45, 7) is 6.07. The topological polar surface area (TPSA) is 90.5 Å². The van der Waals surface area contributed by atoms with Crippen LogP contribution >= 0.6 is 0 Å². The number of carbonyl (C=O) groups excluding carboxylic acids is 3. The van der Waals surface area contributed by atoms with Crippen LogP contribution in [0.15, 0.2) is 0 Å². The first kappa shape index (κ1) is 21.7. The third kappa shape index (κ3) is 7.13. The molecule has 0 aromatic heterocycles. The first-order valence-electron chi connectivity index (χ1n) is 10.6. The van der Waals surface area contributed by atoms with Gasteiger partial charge in [-0.1, -0.05) is 32.6 Å². The van der Waals surface area contributed by atoms with Gasteiger partial charge in [-0.25, -0.2) is 4.79 Å². The molecular weight excluding hydrogens is 344 g/mol. The number of imide groups is 1. The van der Waals surface area contributed by atoms with Crippen molar-refractivity contribution in [2.75, 3.05) is 19.6 Å². The van der Waals surface area contributed by atoms with Gasteiger partial charge < -0.3 is 10.6 Å². The lowest BCUT2D eigenvalue weighted by molar-refractivity contribution is -0.128. The van der Waals surface area contributed by atoms with Crippen LogP contribution in [0.2, 0.25) is 0 Å². The molecule has 1 atom stereocenters. The van der Waals surface area contributed by atoms with Crippen molar-refractivity contribution < 1.29 is 14.4 Å². The second-order valence-electron chi connectivity index (χ2n) is 7.93. The Bertz CT molecular complexity index is 497. The largest absolute Gasteiger partial charge is 0.356 e. The van der Waals surface area contributed by atoms with E-state index in [1.807, 2.05) is 6.92 Å². The van der Waals surface area contributed by atoms with Gasteiger partial charge in [-0.15, -0.1) is 0 Å². The van der Waals surface area contributed by atoms with E-state index in [1.54, 1.807) is 0 Å². The second-order valence-corrected chi connectivity index (χ2v) is 7.93. The smallest absolute Gasteiger partial charge is 0.321 e. The number of rotatable bonds is 7. The number of carbonyl (C=O) groups is 3. The molecule has 0 aromatic carbocycles. The third-order valence-electron chi connectivity index (χ3n) is 5.83. The summed E-state index contributed by atoms with van der Waals surface area (Å²) in [7, 11) is 0. The van der Waals surface area contributed by atoms with E-state index in [9.17, 15) is 14.4 Å². The standard InChI is InChI=1S/C20H36N4O3/c1-3-4-12-21-19(26)16-10-13-24(14-11-16)15(2)18(25)23-20(27)22-17-8-6-5-7-9-17/h15-17H,3-14H2,1-2H3,(H,21,26)(H2,22,23,25,27). The molecule has 0 aromatic rings. The van der Waals surface area contributed by atoms with Crippen LogP contribution < -0.4 is 16.0 Å². The molecule has 7 nitrogen and oxygen atoms in total. The van der Waals surface area contributed by atoms with Gasteiger partial charge in [-0.2, -0.15) is 0 Å². The minimum atomic E-state index is -0.385. The maximum absolute atomic E-state index is 12.4. The van der Waals surface area contributed by atoms with Gasteiger partial charge in [0.05, 0.1) is 6.04 Å². The molecule has 2 aliphatic rings. The van der Waals surface area contributed by atoms with Crippen molar-refractivity contribution in [2.24, 2.45) is 5.92 Å². The highest BCUT2D eigenvalue weighted by molar-refractivity contribution is 5.96. The summed E-state index contributed by atoms with van der Waals surface area (Å²) >= 11 is 0. The second kappa shape index (κ2) is 11.3. The van der Waals surface area contributed by atoms with Crippen LogP contribution in [0.3, 0.4) is 0 Å². The number of amides is 4. The predicted octanol–water partition coefficient (Wildman–Crippen LogP) is 2.16. The highest BCUT2D eigenvalue weighted by Crippen LogP contribution is 2.20. The quantitative estimate of drug-likeness (QED) is 0.590. The Hall–Kier alpha value is -1.63. The molecule has 27 heavy (non-hydrogen) atoms. The molecule has 2 rings (SSSR count). The maximum Gasteiger partial charge on any atom is 0.321 e. The van der Waals surface area contributed by atoms with Gasteiger partial charge >= 0.3 is 6.03 Å². The first-order chi connectivity index (χ1) is 13.0. The van der Waals surface area contributed by atoms with Crippen LogP contribution in [0.4, 0.5) is 4.79 Å². The summed E-state index contributed by atoms with van der Waals surface area (Å²) in [6, 6.07) is -0.570. The van der Waals surface area contributed by atoms with Gasteiger partial charge in [0.15, 0.2) is 0 Å². The lowest BCUT2D eigenvalue weighted by atomic mass is 9.95. The summed E-state index contributed by atoms with van der Waals surface area (Å²) in [4.78, 5) is 38.7. The van der Waals surface area contributed by atoms with E-state index >= 15 is 0 Å². The van der Waals surface area contributed by atoms with Crippen molar-refractivity contribution in [3.8, 4) is 0 Å². The van der Waals surface area contributed by atoms with Gasteiger partial charge in [0.25, 0.3) is 0 Å². The number of likely N-dealkylation sites (tertiary alicyclic amines) is 1. The zero-order valence-corrected chi connectivity index (χ0v) is 16.9. The molecular formula is C20H36N4O3. The zero-order valence-electron chi connectivity index (χ0n) is 16.9. The van der Waals surface area contributed by atoms with Crippen LogP contribution in [0.5, 0.6) is 0 Å². The van der Waals surface area contributed by atoms with E-state index in [4.69, 9.17) is 0 Å². The summed E-state index contributed by atoms with van der Waals surface area (Å²) < 4.78 is 0. The monoisotopic (exact) mass is 380 g/mol. The van der Waals surface area contributed by atoms with Crippen molar-refractivity contribution in [3.63, 3.8) is 0 Å². The minimum Gasteiger partial charge on any atom is -0.356 e. The fourth-order valence-corrected chi connectivity index (χ4v) is 3.93. The fourth-order valence-electron chi connectivity index (χ4n) is 3.93. The number of hydrogen-bond acceptors (Lipinski definition) is 4. The van der Waals surface area contributed by atoms with Gasteiger partial charge in [0.1, 0.15) is 0 Å². The number of urea groups is 1. The lowest BCUT2D eigenvalue weighted by Crippen LogP contribution is -2.53.